The number of ether oxygens (including phenoxy) is 2. The molecule has 1 saturated heterocycles. The lowest BCUT2D eigenvalue weighted by molar-refractivity contribution is -0.116. The predicted octanol–water partition coefficient (Wildman–Crippen LogP) is 2.92. The zero-order valence-corrected chi connectivity index (χ0v) is 17.4. The van der Waals surface area contributed by atoms with Crippen molar-refractivity contribution in [2.75, 3.05) is 19.9 Å². The van der Waals surface area contributed by atoms with Crippen molar-refractivity contribution in [3.63, 3.8) is 0 Å². The molecule has 158 valence electrons. The van der Waals surface area contributed by atoms with Gasteiger partial charge in [-0.3, -0.25) is 4.79 Å². The van der Waals surface area contributed by atoms with E-state index >= 15 is 0 Å². The van der Waals surface area contributed by atoms with Crippen molar-refractivity contribution in [3.8, 4) is 11.5 Å². The number of hydrogen-bond acceptors (Lipinski definition) is 5. The Bertz CT molecular complexity index is 1060. The maximum absolute atomic E-state index is 13.0. The normalized spacial score (nSPS) is 16.7. The molecule has 8 heteroatoms. The van der Waals surface area contributed by atoms with Crippen molar-refractivity contribution in [1.29, 1.82) is 0 Å². The molecule has 2 aromatic rings. The van der Waals surface area contributed by atoms with E-state index in [2.05, 4.69) is 5.32 Å². The van der Waals surface area contributed by atoms with Gasteiger partial charge in [-0.1, -0.05) is 30.7 Å². The summed E-state index contributed by atoms with van der Waals surface area (Å²) in [5, 5.41) is 2.77. The van der Waals surface area contributed by atoms with Gasteiger partial charge < -0.3 is 14.8 Å². The summed E-state index contributed by atoms with van der Waals surface area (Å²) in [6.07, 6.45) is 5.90. The summed E-state index contributed by atoms with van der Waals surface area (Å²) in [5.41, 5.74) is 1.38. The number of sulfonamides is 1. The Balaban J connectivity index is 1.42. The van der Waals surface area contributed by atoms with Crippen LogP contribution in [0.25, 0.3) is 6.08 Å². The molecule has 0 aromatic heterocycles. The van der Waals surface area contributed by atoms with Crippen molar-refractivity contribution >= 4 is 22.0 Å². The highest BCUT2D eigenvalue weighted by molar-refractivity contribution is 7.89. The maximum atomic E-state index is 13.0. The quantitative estimate of drug-likeness (QED) is 0.715. The second-order valence-corrected chi connectivity index (χ2v) is 9.14. The van der Waals surface area contributed by atoms with Crippen LogP contribution in [-0.4, -0.2) is 38.5 Å². The van der Waals surface area contributed by atoms with E-state index in [1.165, 1.54) is 10.4 Å². The largest absolute Gasteiger partial charge is 0.454 e. The Labute approximate surface area is 176 Å². The van der Waals surface area contributed by atoms with Crippen molar-refractivity contribution in [1.82, 2.24) is 9.62 Å². The molecule has 7 nitrogen and oxygen atoms in total. The number of rotatable bonds is 6. The molecule has 2 heterocycles. The highest BCUT2D eigenvalue weighted by Gasteiger charge is 2.27. The van der Waals surface area contributed by atoms with Gasteiger partial charge in [-0.05, 0) is 48.2 Å². The third-order valence-corrected chi connectivity index (χ3v) is 7.18. The second-order valence-electron chi connectivity index (χ2n) is 7.24. The van der Waals surface area contributed by atoms with Crippen LogP contribution in [0, 0.1) is 0 Å². The Morgan fingerprint density at radius 1 is 1.03 bits per heavy atom. The molecule has 2 aliphatic heterocycles. The number of nitrogens with zero attached hydrogens (tertiary/aromatic N) is 1. The average Bonchev–Trinajstić information content (AvgIpc) is 3.25. The predicted molar refractivity (Wildman–Crippen MR) is 112 cm³/mol. The van der Waals surface area contributed by atoms with E-state index in [4.69, 9.17) is 9.47 Å². The third kappa shape index (κ3) is 4.49. The Morgan fingerprint density at radius 2 is 1.80 bits per heavy atom. The second kappa shape index (κ2) is 8.89. The summed E-state index contributed by atoms with van der Waals surface area (Å²) in [5.74, 6) is 1.02. The van der Waals surface area contributed by atoms with E-state index in [1.54, 1.807) is 42.5 Å². The van der Waals surface area contributed by atoms with E-state index in [0.717, 1.165) is 24.8 Å². The number of piperidine rings is 1. The maximum Gasteiger partial charge on any atom is 0.244 e. The molecule has 30 heavy (non-hydrogen) atoms. The number of benzene rings is 2. The Morgan fingerprint density at radius 3 is 2.63 bits per heavy atom. The molecule has 0 unspecified atom stereocenters. The minimum atomic E-state index is -3.56. The van der Waals surface area contributed by atoms with E-state index in [9.17, 15) is 13.2 Å². The topological polar surface area (TPSA) is 84.9 Å². The minimum Gasteiger partial charge on any atom is -0.454 e. The summed E-state index contributed by atoms with van der Waals surface area (Å²) in [6, 6.07) is 12.2. The first-order chi connectivity index (χ1) is 14.5. The van der Waals surface area contributed by atoms with E-state index in [1.807, 2.05) is 6.07 Å². The zero-order valence-electron chi connectivity index (χ0n) is 16.5. The molecule has 0 bridgehead atoms. The number of nitrogens with one attached hydrogen (secondary N) is 1. The molecular weight excluding hydrogens is 404 g/mol. The molecule has 0 atom stereocenters. The molecule has 0 aliphatic carbocycles. The number of fused-ring (bicyclic) bond motifs is 1. The number of amides is 1. The molecule has 0 spiro atoms. The van der Waals surface area contributed by atoms with Gasteiger partial charge in [0.1, 0.15) is 0 Å². The van der Waals surface area contributed by atoms with Crippen LogP contribution in [0.2, 0.25) is 0 Å². The molecule has 4 rings (SSSR count). The van der Waals surface area contributed by atoms with Gasteiger partial charge in [0.15, 0.2) is 11.5 Å². The molecule has 2 aromatic carbocycles. The van der Waals surface area contributed by atoms with Crippen molar-refractivity contribution < 1.29 is 22.7 Å². The number of hydrogen-bond donors (Lipinski definition) is 1. The molecule has 0 radical (unpaired) electrons. The van der Waals surface area contributed by atoms with Gasteiger partial charge in [0, 0.05) is 25.7 Å². The van der Waals surface area contributed by atoms with Crippen LogP contribution >= 0.6 is 0 Å². The van der Waals surface area contributed by atoms with Crippen LogP contribution in [0.3, 0.4) is 0 Å². The fourth-order valence-electron chi connectivity index (χ4n) is 3.58. The highest BCUT2D eigenvalue weighted by Crippen LogP contribution is 2.32. The lowest BCUT2D eigenvalue weighted by Crippen LogP contribution is -2.36. The average molecular weight is 429 g/mol. The van der Waals surface area contributed by atoms with Gasteiger partial charge in [-0.2, -0.15) is 4.31 Å². The molecule has 1 fully saturated rings. The molecule has 1 N–H and O–H groups in total. The lowest BCUT2D eigenvalue weighted by Gasteiger charge is -2.26. The molecule has 2 aliphatic rings. The summed E-state index contributed by atoms with van der Waals surface area (Å²) in [6.45, 7) is 1.42. The van der Waals surface area contributed by atoms with Crippen LogP contribution in [-0.2, 0) is 21.4 Å². The molecule has 0 saturated carbocycles. The molecule has 1 amide bonds. The highest BCUT2D eigenvalue weighted by atomic mass is 32.2. The van der Waals surface area contributed by atoms with Crippen LogP contribution in [0.4, 0.5) is 0 Å². The van der Waals surface area contributed by atoms with Gasteiger partial charge in [-0.15, -0.1) is 0 Å². The standard InChI is InChI=1S/C22H24N2O5S/c25-22(11-9-17-8-10-19-20(14-17)29-16-28-19)23-15-18-6-2-3-7-21(18)30(26,27)24-12-4-1-5-13-24/h2-3,6-11,14H,1,4-5,12-13,15-16H2,(H,23,25)/b11-9+. The first-order valence-corrected chi connectivity index (χ1v) is 11.4. The van der Waals surface area contributed by atoms with Gasteiger partial charge >= 0.3 is 0 Å². The van der Waals surface area contributed by atoms with Crippen LogP contribution in [0.1, 0.15) is 30.4 Å². The third-order valence-electron chi connectivity index (χ3n) is 5.18. The van der Waals surface area contributed by atoms with Crippen LogP contribution < -0.4 is 14.8 Å². The smallest absolute Gasteiger partial charge is 0.244 e. The van der Waals surface area contributed by atoms with Gasteiger partial charge in [0.25, 0.3) is 0 Å². The first kappa shape index (κ1) is 20.4. The fourth-order valence-corrected chi connectivity index (χ4v) is 5.32. The number of carbonyl (C=O) groups excluding carboxylic acids is 1. The monoisotopic (exact) mass is 428 g/mol. The van der Waals surface area contributed by atoms with E-state index in [-0.39, 0.29) is 24.1 Å². The fraction of sp³-hybridized carbons (Fsp3) is 0.318. The van der Waals surface area contributed by atoms with Crippen LogP contribution in [0.5, 0.6) is 11.5 Å². The van der Waals surface area contributed by atoms with E-state index < -0.39 is 10.0 Å². The van der Waals surface area contributed by atoms with Crippen molar-refractivity contribution in [2.24, 2.45) is 0 Å². The Hall–Kier alpha value is -2.84. The number of carbonyl (C=O) groups is 1. The molecular formula is C22H24N2O5S. The Kier molecular flexibility index (Phi) is 6.06. The summed E-state index contributed by atoms with van der Waals surface area (Å²) in [4.78, 5) is 12.5. The lowest BCUT2D eigenvalue weighted by atomic mass is 10.2. The van der Waals surface area contributed by atoms with Crippen molar-refractivity contribution in [2.45, 2.75) is 30.7 Å². The summed E-state index contributed by atoms with van der Waals surface area (Å²) in [7, 11) is -3.56. The zero-order chi connectivity index (χ0) is 21.0. The van der Waals surface area contributed by atoms with Crippen LogP contribution in [0.15, 0.2) is 53.4 Å². The van der Waals surface area contributed by atoms with Gasteiger partial charge in [-0.25, -0.2) is 8.42 Å². The summed E-state index contributed by atoms with van der Waals surface area (Å²) >= 11 is 0. The van der Waals surface area contributed by atoms with Gasteiger partial charge in [0.2, 0.25) is 22.7 Å². The SMILES string of the molecule is O=C(/C=C/c1ccc2c(c1)OCO2)NCc1ccccc1S(=O)(=O)N1CCCCC1. The van der Waals surface area contributed by atoms with Gasteiger partial charge in [0.05, 0.1) is 4.90 Å². The first-order valence-electron chi connectivity index (χ1n) is 9.98. The van der Waals surface area contributed by atoms with Crippen molar-refractivity contribution in [3.05, 3.63) is 59.7 Å². The van der Waals surface area contributed by atoms with E-state index in [0.29, 0.717) is 30.2 Å². The summed E-state index contributed by atoms with van der Waals surface area (Å²) < 4.78 is 38.2. The minimum absolute atomic E-state index is 0.132.